The molecule has 0 saturated heterocycles. The minimum atomic E-state index is -5.28. The van der Waals surface area contributed by atoms with E-state index in [9.17, 15) is 60.9 Å². The highest BCUT2D eigenvalue weighted by atomic mass is 35.5. The van der Waals surface area contributed by atoms with E-state index in [0.717, 1.165) is 48.5 Å². The van der Waals surface area contributed by atoms with Crippen LogP contribution >= 0.6 is 35.7 Å². The third-order valence-corrected chi connectivity index (χ3v) is 17.0. The van der Waals surface area contributed by atoms with Gasteiger partial charge in [0, 0.05) is 39.9 Å². The molecule has 0 fully saturated rings. The molecule has 5 aromatic carbocycles. The number of azo groups is 2. The van der Waals surface area contributed by atoms with E-state index < -0.39 is 105 Å². The highest BCUT2D eigenvalue weighted by Gasteiger charge is 2.25. The third-order valence-electron chi connectivity index (χ3n) is 9.45. The van der Waals surface area contributed by atoms with Crippen molar-refractivity contribution in [2.24, 2.45) is 20.5 Å². The summed E-state index contributed by atoms with van der Waals surface area (Å²) in [4.78, 5) is 9.43. The van der Waals surface area contributed by atoms with E-state index in [1.165, 1.54) is 24.3 Å². The molecule has 9 N–H and O–H groups in total. The first-order valence-corrected chi connectivity index (χ1v) is 29.9. The minimum Gasteiger partial charge on any atom is -0.505 e. The second kappa shape index (κ2) is 24.4. The van der Waals surface area contributed by atoms with Gasteiger partial charge in [-0.25, -0.2) is 27.4 Å². The average Bonchev–Trinajstić information content (AvgIpc) is 3.32. The number of rotatable bonds is 25. The molecule has 402 valence electrons. The Morgan fingerprint density at radius 2 is 1.23 bits per heavy atom. The van der Waals surface area contributed by atoms with Crippen molar-refractivity contribution in [3.05, 3.63) is 84.1 Å². The average molecular weight is 1200 g/mol. The number of hydrogen-bond acceptors (Lipinski definition) is 29. The number of hydrogen-bond donors (Lipinski definition) is 9. The standard InChI is InChI=1S/C37H35ClN10O20S7/c1-2-14-71(52,53)22-6-3-20(4-7-22)40-36-42-35(38)43-37(44-36)41-21-5-12-30(74(59,60)61)28(16-21)46-48-33-29(70-68-66-51)18-25-24(34(33)49)9-11-27(39-19-73(56,57)58)32(25)47-45-26-10-8-23(17-31(26)75(62,63)64)72(54,55)15-13-69-67-65-50/h3-12,16-18,39,49-51H,2,13-15,19H2,1H3,(H,56,57,58)(H,59,60,61)(H,62,63,64)(H2,40,41,42,43,44)/b47-45+,48-46+. The second-order valence-corrected chi connectivity index (χ2v) is 24.9. The van der Waals surface area contributed by atoms with Crippen LogP contribution in [0.1, 0.15) is 13.3 Å². The first-order valence-electron chi connectivity index (χ1n) is 20.1. The molecule has 30 nitrogen and oxygen atoms in total. The Morgan fingerprint density at radius 3 is 1.85 bits per heavy atom. The highest BCUT2D eigenvalue weighted by molar-refractivity contribution is 7.97. The van der Waals surface area contributed by atoms with Gasteiger partial charge >= 0.3 is 0 Å². The lowest BCUT2D eigenvalue weighted by Crippen LogP contribution is -2.13. The van der Waals surface area contributed by atoms with Gasteiger partial charge in [-0.15, -0.1) is 29.1 Å². The van der Waals surface area contributed by atoms with Crippen LogP contribution in [0, 0.1) is 0 Å². The summed E-state index contributed by atoms with van der Waals surface area (Å²) >= 11 is 6.69. The number of aromatic hydroxyl groups is 1. The number of phenols is 1. The normalized spacial score (nSPS) is 12.7. The Labute approximate surface area is 437 Å². The van der Waals surface area contributed by atoms with E-state index in [1.54, 1.807) is 6.92 Å². The molecule has 0 unspecified atom stereocenters. The lowest BCUT2D eigenvalue weighted by molar-refractivity contribution is -0.432. The van der Waals surface area contributed by atoms with E-state index in [0.29, 0.717) is 30.2 Å². The Kier molecular flexibility index (Phi) is 19.0. The smallest absolute Gasteiger partial charge is 0.296 e. The molecular weight excluding hydrogens is 1160 g/mol. The highest BCUT2D eigenvalue weighted by Crippen LogP contribution is 2.49. The van der Waals surface area contributed by atoms with Gasteiger partial charge in [-0.3, -0.25) is 13.7 Å². The Hall–Kier alpha value is -5.85. The lowest BCUT2D eigenvalue weighted by Gasteiger charge is -2.14. The molecule has 0 atom stereocenters. The Bertz CT molecular complexity index is 3770. The number of anilines is 5. The third kappa shape index (κ3) is 15.6. The Balaban J connectivity index is 1.41. The summed E-state index contributed by atoms with van der Waals surface area (Å²) in [5.41, 5.74) is -2.23. The summed E-state index contributed by atoms with van der Waals surface area (Å²) < 4.78 is 163. The summed E-state index contributed by atoms with van der Waals surface area (Å²) in [6.45, 7) is 1.73. The molecule has 0 aliphatic heterocycles. The molecule has 6 rings (SSSR count). The van der Waals surface area contributed by atoms with E-state index in [4.69, 9.17) is 22.1 Å². The molecule has 1 aromatic heterocycles. The van der Waals surface area contributed by atoms with Crippen LogP contribution in [0.3, 0.4) is 0 Å². The Morgan fingerprint density at radius 1 is 0.627 bits per heavy atom. The zero-order chi connectivity index (χ0) is 54.9. The fraction of sp³-hybridized carbons (Fsp3) is 0.162. The SMILES string of the molecule is CCCS(=O)(=O)c1ccc(Nc2nc(Cl)nc(Nc3ccc(S(=O)(=O)O)c(/N=N/c4c(SOOO)cc5c(/N=N/c6ccc(S(=O)(=O)CCSOOO)cc6S(=O)(=O)O)c(NCS(=O)(=O)O)ccc5c4O)c3)n2)cc1. The van der Waals surface area contributed by atoms with Crippen LogP contribution in [-0.4, -0.2) is 109 Å². The van der Waals surface area contributed by atoms with Crippen molar-refractivity contribution >= 4 is 148 Å². The van der Waals surface area contributed by atoms with Crippen molar-refractivity contribution < 1.29 is 90.1 Å². The van der Waals surface area contributed by atoms with Gasteiger partial charge < -0.3 is 21.1 Å². The second-order valence-electron chi connectivity index (χ2n) is 14.5. The molecule has 0 spiro atoms. The monoisotopic (exact) mass is 1200 g/mol. The van der Waals surface area contributed by atoms with Crippen molar-refractivity contribution in [2.45, 2.75) is 37.8 Å². The number of halogens is 1. The van der Waals surface area contributed by atoms with E-state index in [-0.39, 0.29) is 72.7 Å². The van der Waals surface area contributed by atoms with E-state index in [1.807, 2.05) is 0 Å². The van der Waals surface area contributed by atoms with Gasteiger partial charge in [0.05, 0.1) is 43.9 Å². The zero-order valence-corrected chi connectivity index (χ0v) is 43.8. The predicted molar refractivity (Wildman–Crippen MR) is 267 cm³/mol. The summed E-state index contributed by atoms with van der Waals surface area (Å²) in [5, 5.41) is 59.2. The van der Waals surface area contributed by atoms with Crippen molar-refractivity contribution in [3.8, 4) is 5.75 Å². The summed E-state index contributed by atoms with van der Waals surface area (Å²) in [5.74, 6) is -3.38. The summed E-state index contributed by atoms with van der Waals surface area (Å²) in [6.07, 6.45) is 0.414. The van der Waals surface area contributed by atoms with Gasteiger partial charge in [0.15, 0.2) is 25.4 Å². The molecule has 0 aliphatic carbocycles. The maximum absolute atomic E-state index is 12.9. The van der Waals surface area contributed by atoms with Gasteiger partial charge in [0.2, 0.25) is 17.2 Å². The first-order chi connectivity index (χ1) is 35.2. The number of aromatic nitrogens is 3. The quantitative estimate of drug-likeness (QED) is 0.00656. The lowest BCUT2D eigenvalue weighted by atomic mass is 10.1. The maximum Gasteiger partial charge on any atom is 0.296 e. The first kappa shape index (κ1) is 58.4. The van der Waals surface area contributed by atoms with E-state index in [2.05, 4.69) is 70.1 Å². The number of fused-ring (bicyclic) bond motifs is 1. The van der Waals surface area contributed by atoms with Gasteiger partial charge in [0.25, 0.3) is 30.4 Å². The molecule has 0 amide bonds. The number of sulfone groups is 2. The molecule has 0 saturated carbocycles. The predicted octanol–water partition coefficient (Wildman–Crippen LogP) is 7.91. The minimum absolute atomic E-state index is 0.00303. The van der Waals surface area contributed by atoms with Crippen molar-refractivity contribution in [3.63, 3.8) is 0 Å². The molecule has 75 heavy (non-hydrogen) atoms. The molecule has 6 aromatic rings. The van der Waals surface area contributed by atoms with Crippen LogP contribution in [0.25, 0.3) is 10.8 Å². The summed E-state index contributed by atoms with van der Waals surface area (Å²) in [7, 11) is -22.9. The van der Waals surface area contributed by atoms with Crippen LogP contribution in [0.4, 0.5) is 51.7 Å². The number of benzene rings is 5. The molecule has 0 radical (unpaired) electrons. The van der Waals surface area contributed by atoms with Crippen LogP contribution in [0.2, 0.25) is 5.28 Å². The van der Waals surface area contributed by atoms with Crippen LogP contribution in [0.15, 0.2) is 124 Å². The summed E-state index contributed by atoms with van der Waals surface area (Å²) in [6, 6.07) is 14.5. The molecule has 38 heteroatoms. The largest absolute Gasteiger partial charge is 0.505 e. The number of nitrogens with zero attached hydrogens (tertiary/aromatic N) is 7. The van der Waals surface area contributed by atoms with Crippen molar-refractivity contribution in [1.82, 2.24) is 15.0 Å². The fourth-order valence-corrected chi connectivity index (χ4v) is 12.0. The molecule has 0 bridgehead atoms. The van der Waals surface area contributed by atoms with E-state index >= 15 is 0 Å². The van der Waals surface area contributed by atoms with Crippen molar-refractivity contribution in [2.75, 3.05) is 39.1 Å². The number of nitrogens with one attached hydrogen (secondary N) is 3. The maximum atomic E-state index is 12.9. The topological polar surface area (TPSA) is 453 Å². The van der Waals surface area contributed by atoms with Gasteiger partial charge in [-0.1, -0.05) is 17.0 Å². The number of phenolic OH excluding ortho intramolecular Hbond substituents is 1. The van der Waals surface area contributed by atoms with Crippen LogP contribution in [-0.2, 0) is 68.8 Å². The van der Waals surface area contributed by atoms with Crippen LogP contribution in [0.5, 0.6) is 5.75 Å². The molecular formula is C37H35ClN10O20S7. The van der Waals surface area contributed by atoms with Gasteiger partial charge in [0.1, 0.15) is 38.4 Å². The van der Waals surface area contributed by atoms with Crippen molar-refractivity contribution in [1.29, 1.82) is 0 Å². The van der Waals surface area contributed by atoms with Gasteiger partial charge in [-0.05, 0) is 96.9 Å². The zero-order valence-electron chi connectivity index (χ0n) is 37.3. The van der Waals surface area contributed by atoms with Crippen LogP contribution < -0.4 is 16.0 Å². The van der Waals surface area contributed by atoms with Gasteiger partial charge in [-0.2, -0.15) is 40.2 Å². The molecule has 0 aliphatic rings. The fourth-order valence-electron chi connectivity index (χ4n) is 6.28. The molecule has 1 heterocycles.